The van der Waals surface area contributed by atoms with Gasteiger partial charge in [0.2, 0.25) is 0 Å². The van der Waals surface area contributed by atoms with Crippen LogP contribution in [0.5, 0.6) is 5.75 Å². The van der Waals surface area contributed by atoms with Crippen molar-refractivity contribution in [1.29, 1.82) is 0 Å². The number of ketones is 1. The van der Waals surface area contributed by atoms with Crippen molar-refractivity contribution in [3.05, 3.63) is 51.7 Å². The Bertz CT molecular complexity index is 769. The van der Waals surface area contributed by atoms with Gasteiger partial charge in [0, 0.05) is 36.7 Å². The zero-order valence-corrected chi connectivity index (χ0v) is 17.4. The maximum Gasteiger partial charge on any atom is 0.159 e. The van der Waals surface area contributed by atoms with E-state index < -0.39 is 6.10 Å². The quantitative estimate of drug-likeness (QED) is 0.613. The van der Waals surface area contributed by atoms with Crippen molar-refractivity contribution in [2.24, 2.45) is 0 Å². The van der Waals surface area contributed by atoms with Crippen LogP contribution in [0.15, 0.2) is 35.7 Å². The molecule has 2 aromatic rings. The fourth-order valence-electron chi connectivity index (χ4n) is 3.40. The molecule has 2 heterocycles. The van der Waals surface area contributed by atoms with Crippen LogP contribution >= 0.6 is 11.3 Å². The maximum absolute atomic E-state index is 11.5. The summed E-state index contributed by atoms with van der Waals surface area (Å²) in [6.07, 6.45) is 1.79. The average Bonchev–Trinajstić information content (AvgIpc) is 3.32. The molecule has 5 nitrogen and oxygen atoms in total. The van der Waals surface area contributed by atoms with Crippen LogP contribution in [0.4, 0.5) is 0 Å². The lowest BCUT2D eigenvalue weighted by Crippen LogP contribution is -2.39. The molecule has 1 aromatic heterocycles. The molecule has 6 heteroatoms. The number of hydrogen-bond donors (Lipinski definition) is 1. The molecule has 0 aliphatic carbocycles. The topological polar surface area (TPSA) is 59.0 Å². The lowest BCUT2D eigenvalue weighted by Gasteiger charge is -2.27. The van der Waals surface area contributed by atoms with Crippen molar-refractivity contribution in [1.82, 2.24) is 4.90 Å². The number of ether oxygens (including phenoxy) is 2. The second kappa shape index (κ2) is 10.2. The molecule has 1 aromatic carbocycles. The number of rotatable bonds is 10. The fourth-order valence-corrected chi connectivity index (χ4v) is 4.34. The van der Waals surface area contributed by atoms with Gasteiger partial charge in [-0.05, 0) is 55.8 Å². The van der Waals surface area contributed by atoms with Crippen LogP contribution in [0.2, 0.25) is 0 Å². The van der Waals surface area contributed by atoms with Crippen molar-refractivity contribution in [3.8, 4) is 5.75 Å². The Labute approximate surface area is 170 Å². The zero-order valence-electron chi connectivity index (χ0n) is 16.6. The predicted octanol–water partition coefficient (Wildman–Crippen LogP) is 3.68. The largest absolute Gasteiger partial charge is 0.491 e. The minimum absolute atomic E-state index is 0.0000508. The van der Waals surface area contributed by atoms with Crippen molar-refractivity contribution in [2.45, 2.75) is 45.4 Å². The van der Waals surface area contributed by atoms with Crippen LogP contribution in [0, 0.1) is 6.92 Å². The van der Waals surface area contributed by atoms with E-state index >= 15 is 0 Å². The van der Waals surface area contributed by atoms with Crippen molar-refractivity contribution < 1.29 is 19.4 Å². The van der Waals surface area contributed by atoms with Crippen molar-refractivity contribution in [2.75, 3.05) is 26.3 Å². The van der Waals surface area contributed by atoms with Crippen LogP contribution in [0.25, 0.3) is 0 Å². The molecule has 152 valence electrons. The molecule has 0 saturated carbocycles. The normalized spacial score (nSPS) is 17.8. The second-order valence-electron chi connectivity index (χ2n) is 7.40. The summed E-state index contributed by atoms with van der Waals surface area (Å²) in [5.74, 6) is 0.603. The Morgan fingerprint density at radius 3 is 2.96 bits per heavy atom. The number of carbonyl (C=O) groups excluding carboxylic acids is 1. The van der Waals surface area contributed by atoms with E-state index in [1.807, 2.05) is 0 Å². The van der Waals surface area contributed by atoms with Gasteiger partial charge in [-0.15, -0.1) is 11.3 Å². The van der Waals surface area contributed by atoms with E-state index in [0.29, 0.717) is 17.9 Å². The number of Topliss-reactive ketones (excluding diaryl/α,β-unsaturated/α-hetero) is 1. The number of aryl methyl sites for hydroxylation is 1. The van der Waals surface area contributed by atoms with Gasteiger partial charge in [-0.1, -0.05) is 12.1 Å². The van der Waals surface area contributed by atoms with Gasteiger partial charge >= 0.3 is 0 Å². The molecule has 1 aliphatic rings. The molecule has 0 amide bonds. The third-order valence-corrected chi connectivity index (χ3v) is 5.98. The molecule has 28 heavy (non-hydrogen) atoms. The van der Waals surface area contributed by atoms with E-state index in [0.717, 1.165) is 32.5 Å². The summed E-state index contributed by atoms with van der Waals surface area (Å²) in [5.41, 5.74) is 1.90. The number of thiophene rings is 1. The summed E-state index contributed by atoms with van der Waals surface area (Å²) in [7, 11) is 0. The highest BCUT2D eigenvalue weighted by molar-refractivity contribution is 7.10. The molecule has 1 aliphatic heterocycles. The number of aliphatic hydroxyl groups excluding tert-OH is 1. The first-order valence-electron chi connectivity index (χ1n) is 9.80. The van der Waals surface area contributed by atoms with E-state index in [2.05, 4.69) is 23.3 Å². The van der Waals surface area contributed by atoms with Crippen LogP contribution in [-0.4, -0.2) is 54.3 Å². The highest BCUT2D eigenvalue weighted by atomic mass is 32.1. The average molecular weight is 404 g/mol. The molecular formula is C22H29NO4S. The first-order chi connectivity index (χ1) is 13.5. The van der Waals surface area contributed by atoms with Crippen LogP contribution in [0.3, 0.4) is 0 Å². The van der Waals surface area contributed by atoms with Gasteiger partial charge in [0.15, 0.2) is 5.78 Å². The third-order valence-electron chi connectivity index (χ3n) is 4.97. The maximum atomic E-state index is 11.5. The smallest absolute Gasteiger partial charge is 0.159 e. The molecule has 1 N–H and O–H groups in total. The Hall–Kier alpha value is -1.73. The van der Waals surface area contributed by atoms with E-state index in [9.17, 15) is 9.90 Å². The van der Waals surface area contributed by atoms with Gasteiger partial charge in [-0.2, -0.15) is 0 Å². The highest BCUT2D eigenvalue weighted by Gasteiger charge is 2.22. The third kappa shape index (κ3) is 6.14. The van der Waals surface area contributed by atoms with Gasteiger partial charge in [0.05, 0.1) is 6.10 Å². The predicted molar refractivity (Wildman–Crippen MR) is 111 cm³/mol. The second-order valence-corrected chi connectivity index (χ2v) is 8.41. The Morgan fingerprint density at radius 1 is 1.43 bits per heavy atom. The minimum atomic E-state index is -0.623. The minimum Gasteiger partial charge on any atom is -0.491 e. The summed E-state index contributed by atoms with van der Waals surface area (Å²) in [6.45, 7) is 6.81. The van der Waals surface area contributed by atoms with Crippen molar-refractivity contribution >= 4 is 17.1 Å². The van der Waals surface area contributed by atoms with Gasteiger partial charge in [0.25, 0.3) is 0 Å². The summed E-state index contributed by atoms with van der Waals surface area (Å²) < 4.78 is 11.5. The molecule has 0 bridgehead atoms. The summed E-state index contributed by atoms with van der Waals surface area (Å²) in [4.78, 5) is 15.1. The van der Waals surface area contributed by atoms with Gasteiger partial charge < -0.3 is 14.6 Å². The molecule has 2 unspecified atom stereocenters. The van der Waals surface area contributed by atoms with Crippen molar-refractivity contribution in [3.63, 3.8) is 0 Å². The van der Waals surface area contributed by atoms with E-state index in [1.165, 1.54) is 17.4 Å². The molecule has 0 spiro atoms. The highest BCUT2D eigenvalue weighted by Crippen LogP contribution is 2.21. The molecular weight excluding hydrogens is 374 g/mol. The Kier molecular flexibility index (Phi) is 7.62. The van der Waals surface area contributed by atoms with E-state index in [4.69, 9.17) is 9.47 Å². The van der Waals surface area contributed by atoms with Crippen LogP contribution in [-0.2, 0) is 11.3 Å². The number of carbonyl (C=O) groups is 1. The van der Waals surface area contributed by atoms with E-state index in [1.54, 1.807) is 35.6 Å². The molecule has 1 saturated heterocycles. The van der Waals surface area contributed by atoms with Gasteiger partial charge in [0.1, 0.15) is 18.5 Å². The first-order valence-corrected chi connectivity index (χ1v) is 10.7. The molecule has 0 radical (unpaired) electrons. The molecule has 3 rings (SSSR count). The SMILES string of the molecule is CC(=O)c1cccc(OCC(O)CN(Cc2sccc2C)CC2CCCO2)c1. The lowest BCUT2D eigenvalue weighted by molar-refractivity contribution is 0.0316. The van der Waals surface area contributed by atoms with Crippen LogP contribution < -0.4 is 4.74 Å². The lowest BCUT2D eigenvalue weighted by atomic mass is 10.1. The number of nitrogens with zero attached hydrogens (tertiary/aromatic N) is 1. The Balaban J connectivity index is 1.56. The summed E-state index contributed by atoms with van der Waals surface area (Å²) >= 11 is 1.75. The van der Waals surface area contributed by atoms with Crippen LogP contribution in [0.1, 0.15) is 40.6 Å². The fraction of sp³-hybridized carbons (Fsp3) is 0.500. The monoisotopic (exact) mass is 403 g/mol. The van der Waals surface area contributed by atoms with Gasteiger partial charge in [-0.3, -0.25) is 9.69 Å². The zero-order chi connectivity index (χ0) is 19.9. The summed E-state index contributed by atoms with van der Waals surface area (Å²) in [5, 5.41) is 12.7. The molecule has 1 fully saturated rings. The first kappa shape index (κ1) is 21.0. The Morgan fingerprint density at radius 2 is 2.29 bits per heavy atom. The standard InChI is InChI=1S/C22H29NO4S/c1-16-8-10-28-22(16)14-23(13-21-7-4-9-26-21)12-19(25)15-27-20-6-3-5-18(11-20)17(2)24/h3,5-6,8,10-11,19,21,25H,4,7,9,12-15H2,1-2H3. The van der Waals surface area contributed by atoms with E-state index in [-0.39, 0.29) is 18.5 Å². The number of hydrogen-bond acceptors (Lipinski definition) is 6. The van der Waals surface area contributed by atoms with Gasteiger partial charge in [-0.25, -0.2) is 0 Å². The summed E-state index contributed by atoms with van der Waals surface area (Å²) in [6, 6.07) is 9.21. The molecule has 2 atom stereocenters. The number of aliphatic hydroxyl groups is 1. The number of benzene rings is 1.